The van der Waals surface area contributed by atoms with E-state index in [-0.39, 0.29) is 5.50 Å². The van der Waals surface area contributed by atoms with E-state index < -0.39 is 0 Å². The molecule has 4 nitrogen and oxygen atoms in total. The Bertz CT molecular complexity index is 845. The van der Waals surface area contributed by atoms with Crippen molar-refractivity contribution in [3.8, 4) is 0 Å². The van der Waals surface area contributed by atoms with Crippen LogP contribution in [0.15, 0.2) is 69.4 Å². The molecule has 27 heavy (non-hydrogen) atoms. The van der Waals surface area contributed by atoms with Gasteiger partial charge in [-0.2, -0.15) is 10.2 Å². The van der Waals surface area contributed by atoms with Gasteiger partial charge in [0.25, 0.3) is 0 Å². The van der Waals surface area contributed by atoms with Crippen LogP contribution in [0.4, 0.5) is 11.4 Å². The van der Waals surface area contributed by atoms with Crippen molar-refractivity contribution in [1.82, 2.24) is 4.90 Å². The smallest absolute Gasteiger partial charge is 0.193 e. The van der Waals surface area contributed by atoms with E-state index in [2.05, 4.69) is 103 Å². The van der Waals surface area contributed by atoms with Crippen LogP contribution in [0.1, 0.15) is 31.9 Å². The van der Waals surface area contributed by atoms with Gasteiger partial charge in [0.1, 0.15) is 0 Å². The highest BCUT2D eigenvalue weighted by Gasteiger charge is 2.24. The standard InChI is InChI=1S/C22H28N4S/c1-6-26(15-19-10-8-7-9-11-19)20-12-13-21(16(2)14-20)23-24-22-25(5)17(3)18(4)27-22/h7-14,22H,6,15H2,1-5H3. The molecule has 5 heteroatoms. The Balaban J connectivity index is 1.72. The Hall–Kier alpha value is -2.27. The average molecular weight is 381 g/mol. The fourth-order valence-electron chi connectivity index (χ4n) is 3.09. The fourth-order valence-corrected chi connectivity index (χ4v) is 4.13. The van der Waals surface area contributed by atoms with E-state index in [1.54, 1.807) is 11.8 Å². The molecule has 1 unspecified atom stereocenters. The van der Waals surface area contributed by atoms with Gasteiger partial charge in [-0.3, -0.25) is 0 Å². The van der Waals surface area contributed by atoms with E-state index >= 15 is 0 Å². The Labute approximate surface area is 167 Å². The Morgan fingerprint density at radius 1 is 1.07 bits per heavy atom. The molecule has 3 rings (SSSR count). The van der Waals surface area contributed by atoms with Gasteiger partial charge in [-0.05, 0) is 57.0 Å². The summed E-state index contributed by atoms with van der Waals surface area (Å²) in [5.74, 6) is 0. The van der Waals surface area contributed by atoms with E-state index in [0.717, 1.165) is 24.3 Å². The minimum Gasteiger partial charge on any atom is -0.367 e. The second-order valence-corrected chi connectivity index (χ2v) is 8.15. The molecular formula is C22H28N4S. The quantitative estimate of drug-likeness (QED) is 0.550. The zero-order chi connectivity index (χ0) is 19.4. The van der Waals surface area contributed by atoms with Crippen molar-refractivity contribution in [1.29, 1.82) is 0 Å². The number of rotatable bonds is 6. The number of anilines is 1. The van der Waals surface area contributed by atoms with E-state index in [0.29, 0.717) is 0 Å². The molecule has 0 fully saturated rings. The first-order valence-electron chi connectivity index (χ1n) is 9.37. The van der Waals surface area contributed by atoms with Crippen LogP contribution in [0.25, 0.3) is 0 Å². The van der Waals surface area contributed by atoms with Crippen molar-refractivity contribution in [2.24, 2.45) is 10.2 Å². The van der Waals surface area contributed by atoms with Gasteiger partial charge in [0.2, 0.25) is 0 Å². The molecule has 0 saturated heterocycles. The summed E-state index contributed by atoms with van der Waals surface area (Å²) in [6.45, 7) is 10.4. The molecule has 1 atom stereocenters. The first-order chi connectivity index (χ1) is 13.0. The number of hydrogen-bond acceptors (Lipinski definition) is 5. The van der Waals surface area contributed by atoms with Crippen LogP contribution < -0.4 is 4.90 Å². The summed E-state index contributed by atoms with van der Waals surface area (Å²) in [5.41, 5.74) is 5.93. The Morgan fingerprint density at radius 2 is 1.81 bits per heavy atom. The zero-order valence-electron chi connectivity index (χ0n) is 16.8. The van der Waals surface area contributed by atoms with Crippen LogP contribution in [-0.2, 0) is 6.54 Å². The van der Waals surface area contributed by atoms with Crippen molar-refractivity contribution in [2.75, 3.05) is 18.5 Å². The number of hydrogen-bond donors (Lipinski definition) is 0. The normalized spacial score (nSPS) is 17.2. The summed E-state index contributed by atoms with van der Waals surface area (Å²) in [4.78, 5) is 5.86. The highest BCUT2D eigenvalue weighted by Crippen LogP contribution is 2.37. The summed E-state index contributed by atoms with van der Waals surface area (Å²) in [7, 11) is 2.07. The largest absolute Gasteiger partial charge is 0.367 e. The molecule has 1 heterocycles. The predicted molar refractivity (Wildman–Crippen MR) is 116 cm³/mol. The third-order valence-electron chi connectivity index (χ3n) is 5.06. The first-order valence-corrected chi connectivity index (χ1v) is 10.2. The molecule has 0 aliphatic carbocycles. The monoisotopic (exact) mass is 380 g/mol. The maximum absolute atomic E-state index is 4.56. The molecule has 1 aliphatic heterocycles. The van der Waals surface area contributed by atoms with Gasteiger partial charge in [0.05, 0.1) is 5.69 Å². The minimum atomic E-state index is 0.0364. The Morgan fingerprint density at radius 3 is 2.41 bits per heavy atom. The fraction of sp³-hybridized carbons (Fsp3) is 0.364. The van der Waals surface area contributed by atoms with Gasteiger partial charge in [0.15, 0.2) is 5.50 Å². The molecular weight excluding hydrogens is 352 g/mol. The molecule has 0 N–H and O–H groups in total. The summed E-state index contributed by atoms with van der Waals surface area (Å²) in [6, 6.07) is 17.0. The molecule has 1 aliphatic rings. The van der Waals surface area contributed by atoms with E-state index in [4.69, 9.17) is 0 Å². The second-order valence-electron chi connectivity index (χ2n) is 6.88. The SMILES string of the molecule is CCN(Cc1ccccc1)c1ccc(N=NC2SC(C)=C(C)N2C)c(C)c1. The lowest BCUT2D eigenvalue weighted by molar-refractivity contribution is 0.402. The van der Waals surface area contributed by atoms with Crippen molar-refractivity contribution in [3.63, 3.8) is 0 Å². The van der Waals surface area contributed by atoms with Gasteiger partial charge in [-0.25, -0.2) is 0 Å². The third kappa shape index (κ3) is 4.53. The number of thioether (sulfide) groups is 1. The number of allylic oxidation sites excluding steroid dienone is 2. The van der Waals surface area contributed by atoms with Crippen LogP contribution in [0.2, 0.25) is 0 Å². The molecule has 2 aromatic carbocycles. The predicted octanol–water partition coefficient (Wildman–Crippen LogP) is 6.32. The number of benzene rings is 2. The van der Waals surface area contributed by atoms with E-state index in [1.165, 1.54) is 21.9 Å². The molecule has 0 radical (unpaired) electrons. The maximum atomic E-state index is 4.56. The van der Waals surface area contributed by atoms with Gasteiger partial charge in [0, 0.05) is 36.4 Å². The lowest BCUT2D eigenvalue weighted by Gasteiger charge is -2.24. The summed E-state index contributed by atoms with van der Waals surface area (Å²) >= 11 is 1.76. The lowest BCUT2D eigenvalue weighted by Crippen LogP contribution is -2.21. The number of azo groups is 1. The number of nitrogens with zero attached hydrogens (tertiary/aromatic N) is 4. The number of aryl methyl sites for hydroxylation is 1. The lowest BCUT2D eigenvalue weighted by atomic mass is 10.1. The molecule has 0 spiro atoms. The topological polar surface area (TPSA) is 31.2 Å². The van der Waals surface area contributed by atoms with Crippen LogP contribution in [0, 0.1) is 6.92 Å². The first kappa shape index (κ1) is 19.5. The van der Waals surface area contributed by atoms with Crippen molar-refractivity contribution >= 4 is 23.1 Å². The van der Waals surface area contributed by atoms with Gasteiger partial charge in [-0.1, -0.05) is 42.1 Å². The molecule has 0 aromatic heterocycles. The molecule has 142 valence electrons. The second kappa shape index (κ2) is 8.61. The van der Waals surface area contributed by atoms with Gasteiger partial charge < -0.3 is 9.80 Å². The summed E-state index contributed by atoms with van der Waals surface area (Å²) in [5, 5.41) is 9.09. The zero-order valence-corrected chi connectivity index (χ0v) is 17.6. The minimum absolute atomic E-state index is 0.0364. The summed E-state index contributed by atoms with van der Waals surface area (Å²) < 4.78 is 0. The molecule has 2 aromatic rings. The van der Waals surface area contributed by atoms with Gasteiger partial charge >= 0.3 is 0 Å². The van der Waals surface area contributed by atoms with Crippen LogP contribution in [0.3, 0.4) is 0 Å². The van der Waals surface area contributed by atoms with Crippen LogP contribution >= 0.6 is 11.8 Å². The van der Waals surface area contributed by atoms with Gasteiger partial charge in [-0.15, -0.1) is 0 Å². The highest BCUT2D eigenvalue weighted by atomic mass is 32.2. The molecule has 0 saturated carbocycles. The average Bonchev–Trinajstić information content (AvgIpc) is 2.92. The Kier molecular flexibility index (Phi) is 6.22. The van der Waals surface area contributed by atoms with Crippen molar-refractivity contribution in [3.05, 3.63) is 70.3 Å². The molecule has 0 bridgehead atoms. The van der Waals surface area contributed by atoms with E-state index in [9.17, 15) is 0 Å². The third-order valence-corrected chi connectivity index (χ3v) is 6.33. The van der Waals surface area contributed by atoms with Crippen molar-refractivity contribution in [2.45, 2.75) is 39.7 Å². The maximum Gasteiger partial charge on any atom is 0.193 e. The van der Waals surface area contributed by atoms with Crippen molar-refractivity contribution < 1.29 is 0 Å². The van der Waals surface area contributed by atoms with Crippen LogP contribution in [-0.4, -0.2) is 24.0 Å². The highest BCUT2D eigenvalue weighted by molar-refractivity contribution is 8.03. The van der Waals surface area contributed by atoms with E-state index in [1.807, 2.05) is 0 Å². The summed E-state index contributed by atoms with van der Waals surface area (Å²) in [6.07, 6.45) is 0. The van der Waals surface area contributed by atoms with Crippen LogP contribution in [0.5, 0.6) is 0 Å². The molecule has 0 amide bonds.